The second-order valence-corrected chi connectivity index (χ2v) is 5.72. The summed E-state index contributed by atoms with van der Waals surface area (Å²) in [7, 11) is 0. The van der Waals surface area contributed by atoms with Crippen LogP contribution in [0.4, 0.5) is 0 Å². The zero-order valence-corrected chi connectivity index (χ0v) is 13.7. The van der Waals surface area contributed by atoms with Crippen LogP contribution < -0.4 is 5.43 Å². The van der Waals surface area contributed by atoms with Gasteiger partial charge >= 0.3 is 0 Å². The van der Waals surface area contributed by atoms with Gasteiger partial charge in [-0.1, -0.05) is 36.4 Å². The van der Waals surface area contributed by atoms with Crippen LogP contribution in [-0.4, -0.2) is 19.6 Å². The first-order valence-electron chi connectivity index (χ1n) is 8.00. The van der Waals surface area contributed by atoms with E-state index >= 15 is 0 Å². The number of hydrogen-bond donors (Lipinski definition) is 0. The molecule has 0 spiro atoms. The largest absolute Gasteiger partial charge is 0.287 e. The van der Waals surface area contributed by atoms with Crippen molar-refractivity contribution in [1.82, 2.24) is 19.6 Å². The van der Waals surface area contributed by atoms with Crippen molar-refractivity contribution in [2.75, 3.05) is 0 Å². The van der Waals surface area contributed by atoms with Crippen molar-refractivity contribution in [3.63, 3.8) is 0 Å². The summed E-state index contributed by atoms with van der Waals surface area (Å²) in [6.45, 7) is 2.02. The summed E-state index contributed by atoms with van der Waals surface area (Å²) in [4.78, 5) is 12.5. The van der Waals surface area contributed by atoms with Gasteiger partial charge in [-0.2, -0.15) is 10.2 Å². The van der Waals surface area contributed by atoms with Gasteiger partial charge in [-0.25, -0.2) is 9.36 Å². The molecule has 4 rings (SSSR count). The van der Waals surface area contributed by atoms with Crippen LogP contribution in [0.1, 0.15) is 5.56 Å². The van der Waals surface area contributed by atoms with E-state index in [1.54, 1.807) is 21.8 Å². The zero-order chi connectivity index (χ0) is 17.2. The molecular formula is C20H16N4O. The van der Waals surface area contributed by atoms with E-state index in [0.717, 1.165) is 16.9 Å². The molecule has 0 aliphatic rings. The van der Waals surface area contributed by atoms with Crippen LogP contribution in [0.2, 0.25) is 0 Å². The maximum absolute atomic E-state index is 12.5. The van der Waals surface area contributed by atoms with Crippen molar-refractivity contribution >= 4 is 0 Å². The highest BCUT2D eigenvalue weighted by molar-refractivity contribution is 5.58. The number of rotatable bonds is 3. The molecule has 2 aromatic carbocycles. The fraction of sp³-hybridized carbons (Fsp3) is 0.0500. The second-order valence-electron chi connectivity index (χ2n) is 5.72. The quantitative estimate of drug-likeness (QED) is 0.579. The van der Waals surface area contributed by atoms with E-state index in [1.807, 2.05) is 67.6 Å². The molecule has 0 aliphatic carbocycles. The van der Waals surface area contributed by atoms with Crippen LogP contribution in [-0.2, 0) is 0 Å². The van der Waals surface area contributed by atoms with Crippen molar-refractivity contribution in [2.24, 2.45) is 0 Å². The lowest BCUT2D eigenvalue weighted by atomic mass is 10.2. The first kappa shape index (κ1) is 15.1. The van der Waals surface area contributed by atoms with Crippen LogP contribution in [0.5, 0.6) is 0 Å². The average molecular weight is 328 g/mol. The normalized spacial score (nSPS) is 10.8. The minimum Gasteiger partial charge on any atom is -0.287 e. The van der Waals surface area contributed by atoms with Crippen molar-refractivity contribution < 1.29 is 0 Å². The van der Waals surface area contributed by atoms with Gasteiger partial charge in [0, 0.05) is 12.3 Å². The molecule has 0 radical (unpaired) electrons. The predicted octanol–water partition coefficient (Wildman–Crippen LogP) is 3.39. The van der Waals surface area contributed by atoms with Crippen LogP contribution in [0.3, 0.4) is 0 Å². The predicted molar refractivity (Wildman–Crippen MR) is 97.1 cm³/mol. The highest BCUT2D eigenvalue weighted by Crippen LogP contribution is 2.20. The molecule has 4 aromatic rings. The number of aryl methyl sites for hydroxylation is 1. The topological polar surface area (TPSA) is 52.7 Å². The lowest BCUT2D eigenvalue weighted by Gasteiger charge is -2.11. The Morgan fingerprint density at radius 1 is 0.880 bits per heavy atom. The number of benzene rings is 2. The third-order valence-electron chi connectivity index (χ3n) is 4.06. The van der Waals surface area contributed by atoms with Gasteiger partial charge in [0.1, 0.15) is 0 Å². The van der Waals surface area contributed by atoms with Gasteiger partial charge in [-0.15, -0.1) is 0 Å². The van der Waals surface area contributed by atoms with Crippen LogP contribution >= 0.6 is 0 Å². The van der Waals surface area contributed by atoms with Gasteiger partial charge in [0.15, 0.2) is 5.69 Å². The van der Waals surface area contributed by atoms with E-state index in [1.165, 1.54) is 6.07 Å². The van der Waals surface area contributed by atoms with Gasteiger partial charge < -0.3 is 0 Å². The highest BCUT2D eigenvalue weighted by Gasteiger charge is 2.14. The summed E-state index contributed by atoms with van der Waals surface area (Å²) in [5, 5.41) is 8.94. The molecule has 5 nitrogen and oxygen atoms in total. The fourth-order valence-electron chi connectivity index (χ4n) is 2.79. The molecule has 0 fully saturated rings. The first-order valence-corrected chi connectivity index (χ1v) is 8.00. The second kappa shape index (κ2) is 6.20. The van der Waals surface area contributed by atoms with E-state index in [9.17, 15) is 4.79 Å². The SMILES string of the molecule is Cc1ccccc1-n1nccc1-c1nn(-c2ccccc2)ccc1=O. The molecular weight excluding hydrogens is 312 g/mol. The van der Waals surface area contributed by atoms with Crippen molar-refractivity contribution in [2.45, 2.75) is 6.92 Å². The average Bonchev–Trinajstić information content (AvgIpc) is 3.12. The minimum absolute atomic E-state index is 0.137. The minimum atomic E-state index is -0.137. The van der Waals surface area contributed by atoms with Gasteiger partial charge in [0.05, 0.1) is 23.3 Å². The number of para-hydroxylation sites is 2. The molecule has 2 heterocycles. The Morgan fingerprint density at radius 2 is 1.64 bits per heavy atom. The zero-order valence-electron chi connectivity index (χ0n) is 13.7. The highest BCUT2D eigenvalue weighted by atomic mass is 16.1. The molecule has 122 valence electrons. The van der Waals surface area contributed by atoms with E-state index in [-0.39, 0.29) is 5.43 Å². The smallest absolute Gasteiger partial charge is 0.209 e. The Bertz CT molecular complexity index is 1080. The standard InChI is InChI=1S/C20H16N4O/c1-15-7-5-6-10-17(15)24-18(11-13-21-24)20-19(25)12-14-23(22-20)16-8-3-2-4-9-16/h2-14H,1H3. The number of hydrogen-bond acceptors (Lipinski definition) is 3. The summed E-state index contributed by atoms with van der Waals surface area (Å²) in [5.74, 6) is 0. The maximum atomic E-state index is 12.5. The Kier molecular flexibility index (Phi) is 3.74. The molecule has 0 saturated heterocycles. The maximum Gasteiger partial charge on any atom is 0.209 e. The van der Waals surface area contributed by atoms with E-state index in [0.29, 0.717) is 11.4 Å². The van der Waals surface area contributed by atoms with Crippen LogP contribution in [0.15, 0.2) is 83.9 Å². The molecule has 0 atom stereocenters. The van der Waals surface area contributed by atoms with E-state index in [4.69, 9.17) is 0 Å². The third kappa shape index (κ3) is 2.76. The summed E-state index contributed by atoms with van der Waals surface area (Å²) in [6, 6.07) is 21.0. The molecule has 5 heteroatoms. The van der Waals surface area contributed by atoms with Crippen molar-refractivity contribution in [3.8, 4) is 22.8 Å². The van der Waals surface area contributed by atoms with E-state index < -0.39 is 0 Å². The molecule has 25 heavy (non-hydrogen) atoms. The fourth-order valence-corrected chi connectivity index (χ4v) is 2.79. The van der Waals surface area contributed by atoms with Crippen LogP contribution in [0.25, 0.3) is 22.8 Å². The Hall–Kier alpha value is -3.47. The molecule has 0 aliphatic heterocycles. The van der Waals surface area contributed by atoms with Crippen molar-refractivity contribution in [3.05, 3.63) is 94.9 Å². The summed E-state index contributed by atoms with van der Waals surface area (Å²) < 4.78 is 3.46. The number of aromatic nitrogens is 4. The molecule has 0 unspecified atom stereocenters. The summed E-state index contributed by atoms with van der Waals surface area (Å²) >= 11 is 0. The van der Waals surface area contributed by atoms with Crippen molar-refractivity contribution in [1.29, 1.82) is 0 Å². The molecule has 0 N–H and O–H groups in total. The van der Waals surface area contributed by atoms with Gasteiger partial charge in [-0.05, 0) is 36.8 Å². The van der Waals surface area contributed by atoms with Gasteiger partial charge in [-0.3, -0.25) is 4.79 Å². The Morgan fingerprint density at radius 3 is 2.44 bits per heavy atom. The molecule has 2 aromatic heterocycles. The molecule has 0 amide bonds. The van der Waals surface area contributed by atoms with Gasteiger partial charge in [0.2, 0.25) is 5.43 Å². The Labute approximate surface area is 144 Å². The van der Waals surface area contributed by atoms with Gasteiger partial charge in [0.25, 0.3) is 0 Å². The molecule has 0 saturated carbocycles. The lowest BCUT2D eigenvalue weighted by Crippen LogP contribution is -2.15. The summed E-state index contributed by atoms with van der Waals surface area (Å²) in [5.41, 5.74) is 3.80. The van der Waals surface area contributed by atoms with Crippen LogP contribution in [0, 0.1) is 6.92 Å². The third-order valence-corrected chi connectivity index (χ3v) is 4.06. The lowest BCUT2D eigenvalue weighted by molar-refractivity contribution is 0.821. The summed E-state index contributed by atoms with van der Waals surface area (Å²) in [6.07, 6.45) is 3.36. The Balaban J connectivity index is 1.89. The first-order chi connectivity index (χ1) is 12.2. The number of nitrogens with zero attached hydrogens (tertiary/aromatic N) is 4. The molecule has 0 bridgehead atoms. The monoisotopic (exact) mass is 328 g/mol. The van der Waals surface area contributed by atoms with E-state index in [2.05, 4.69) is 10.2 Å².